The van der Waals surface area contributed by atoms with Crippen molar-refractivity contribution in [2.24, 2.45) is 0 Å². The highest BCUT2D eigenvalue weighted by Gasteiger charge is 2.20. The molecular formula is C14H19BrClNO3S. The number of hydrogen-bond donors (Lipinski definition) is 1. The van der Waals surface area contributed by atoms with Gasteiger partial charge in [0.1, 0.15) is 0 Å². The number of unbranched alkanes of at least 4 members (excludes halogenated alkanes) is 3. The molecule has 0 aliphatic rings. The normalized spacial score (nSPS) is 11.4. The van der Waals surface area contributed by atoms with Gasteiger partial charge in [0.2, 0.25) is 0 Å². The first-order chi connectivity index (χ1) is 9.77. The molecule has 118 valence electrons. The summed E-state index contributed by atoms with van der Waals surface area (Å²) in [6.07, 6.45) is 4.25. The van der Waals surface area contributed by atoms with Crippen LogP contribution in [0, 0.1) is 6.92 Å². The van der Waals surface area contributed by atoms with Crippen LogP contribution >= 0.6 is 26.6 Å². The Hall–Kier alpha value is -0.590. The molecule has 0 aliphatic heterocycles. The van der Waals surface area contributed by atoms with E-state index in [1.165, 1.54) is 6.07 Å². The Morgan fingerprint density at radius 2 is 1.95 bits per heavy atom. The van der Waals surface area contributed by atoms with Crippen molar-refractivity contribution in [1.82, 2.24) is 5.32 Å². The molecule has 7 heteroatoms. The Kier molecular flexibility index (Phi) is 7.16. The van der Waals surface area contributed by atoms with E-state index in [4.69, 9.17) is 10.7 Å². The van der Waals surface area contributed by atoms with Crippen molar-refractivity contribution < 1.29 is 13.2 Å². The topological polar surface area (TPSA) is 63.2 Å². The van der Waals surface area contributed by atoms with Crippen LogP contribution in [0.4, 0.5) is 0 Å². The van der Waals surface area contributed by atoms with E-state index in [9.17, 15) is 13.2 Å². The van der Waals surface area contributed by atoms with Crippen LogP contribution in [0.3, 0.4) is 0 Å². The lowest BCUT2D eigenvalue weighted by Gasteiger charge is -2.11. The summed E-state index contributed by atoms with van der Waals surface area (Å²) >= 11 is 3.21. The molecule has 0 fully saturated rings. The van der Waals surface area contributed by atoms with Gasteiger partial charge in [0.05, 0.1) is 4.90 Å². The van der Waals surface area contributed by atoms with Crippen LogP contribution in [-0.2, 0) is 9.05 Å². The second-order valence-corrected chi connectivity index (χ2v) is 8.28. The molecule has 1 aromatic carbocycles. The van der Waals surface area contributed by atoms with E-state index < -0.39 is 9.05 Å². The number of benzene rings is 1. The summed E-state index contributed by atoms with van der Waals surface area (Å²) in [5.41, 5.74) is 0.679. The molecule has 1 amide bonds. The predicted molar refractivity (Wildman–Crippen MR) is 88.4 cm³/mol. The molecule has 4 nitrogen and oxygen atoms in total. The van der Waals surface area contributed by atoms with Crippen LogP contribution in [0.5, 0.6) is 0 Å². The lowest BCUT2D eigenvalue weighted by molar-refractivity contribution is 0.0952. The fraction of sp³-hybridized carbons (Fsp3) is 0.500. The van der Waals surface area contributed by atoms with E-state index in [1.54, 1.807) is 13.0 Å². The lowest BCUT2D eigenvalue weighted by Crippen LogP contribution is -2.25. The van der Waals surface area contributed by atoms with Gasteiger partial charge in [-0.05, 0) is 31.0 Å². The highest BCUT2D eigenvalue weighted by molar-refractivity contribution is 9.10. The van der Waals surface area contributed by atoms with Crippen molar-refractivity contribution in [3.63, 3.8) is 0 Å². The van der Waals surface area contributed by atoms with E-state index in [0.29, 0.717) is 22.1 Å². The Balaban J connectivity index is 2.88. The van der Waals surface area contributed by atoms with Gasteiger partial charge in [0, 0.05) is 27.3 Å². The van der Waals surface area contributed by atoms with Crippen molar-refractivity contribution in [2.75, 3.05) is 6.54 Å². The van der Waals surface area contributed by atoms with E-state index in [1.807, 2.05) is 0 Å². The van der Waals surface area contributed by atoms with Crippen molar-refractivity contribution >= 4 is 41.6 Å². The van der Waals surface area contributed by atoms with Gasteiger partial charge in [0.15, 0.2) is 0 Å². The van der Waals surface area contributed by atoms with E-state index in [-0.39, 0.29) is 10.8 Å². The number of carbonyl (C=O) groups is 1. The molecular weight excluding hydrogens is 378 g/mol. The zero-order valence-corrected chi connectivity index (χ0v) is 15.2. The highest BCUT2D eigenvalue weighted by Crippen LogP contribution is 2.27. The van der Waals surface area contributed by atoms with E-state index >= 15 is 0 Å². The number of rotatable bonds is 7. The number of halogens is 2. The molecule has 0 unspecified atom stereocenters. The summed E-state index contributed by atoms with van der Waals surface area (Å²) in [6, 6.07) is 3.00. The van der Waals surface area contributed by atoms with Crippen molar-refractivity contribution in [2.45, 2.75) is 44.4 Å². The van der Waals surface area contributed by atoms with Gasteiger partial charge in [-0.2, -0.15) is 0 Å². The van der Waals surface area contributed by atoms with Gasteiger partial charge in [-0.15, -0.1) is 0 Å². The van der Waals surface area contributed by atoms with Crippen LogP contribution in [0.2, 0.25) is 0 Å². The Morgan fingerprint density at radius 3 is 2.52 bits per heavy atom. The highest BCUT2D eigenvalue weighted by atomic mass is 79.9. The standard InChI is InChI=1S/C14H19BrClNO3S/c1-3-4-5-6-7-17-14(18)12-8-11(15)9-13(10(12)2)21(16,19)20/h8-9H,3-7H2,1-2H3,(H,17,18). The number of hydrogen-bond acceptors (Lipinski definition) is 3. The van der Waals surface area contributed by atoms with Gasteiger partial charge < -0.3 is 5.32 Å². The largest absolute Gasteiger partial charge is 0.352 e. The second kappa shape index (κ2) is 8.15. The van der Waals surface area contributed by atoms with Crippen LogP contribution in [-0.4, -0.2) is 20.9 Å². The third kappa shape index (κ3) is 5.60. The van der Waals surface area contributed by atoms with Crippen LogP contribution < -0.4 is 5.32 Å². The summed E-state index contributed by atoms with van der Waals surface area (Å²) < 4.78 is 23.6. The van der Waals surface area contributed by atoms with Gasteiger partial charge in [-0.25, -0.2) is 8.42 Å². The van der Waals surface area contributed by atoms with Crippen LogP contribution in [0.25, 0.3) is 0 Å². The molecule has 1 aromatic rings. The number of nitrogens with one attached hydrogen (secondary N) is 1. The summed E-state index contributed by atoms with van der Waals surface area (Å²) in [5.74, 6) is -0.285. The third-order valence-corrected chi connectivity index (χ3v) is 5.05. The first-order valence-electron chi connectivity index (χ1n) is 6.80. The molecule has 21 heavy (non-hydrogen) atoms. The zero-order valence-electron chi connectivity index (χ0n) is 12.1. The molecule has 0 radical (unpaired) electrons. The van der Waals surface area contributed by atoms with Gasteiger partial charge in [-0.3, -0.25) is 4.79 Å². The average molecular weight is 397 g/mol. The van der Waals surface area contributed by atoms with Crippen molar-refractivity contribution in [3.8, 4) is 0 Å². The second-order valence-electron chi connectivity index (χ2n) is 4.83. The van der Waals surface area contributed by atoms with E-state index in [2.05, 4.69) is 28.2 Å². The van der Waals surface area contributed by atoms with Gasteiger partial charge >= 0.3 is 0 Å². The zero-order chi connectivity index (χ0) is 16.0. The van der Waals surface area contributed by atoms with Crippen molar-refractivity contribution in [3.05, 3.63) is 27.7 Å². The Morgan fingerprint density at radius 1 is 1.29 bits per heavy atom. The summed E-state index contributed by atoms with van der Waals surface area (Å²) in [7, 11) is 1.51. The molecule has 0 bridgehead atoms. The molecule has 0 spiro atoms. The first-order valence-corrected chi connectivity index (χ1v) is 9.90. The number of carbonyl (C=O) groups excluding carboxylic acids is 1. The maximum absolute atomic E-state index is 12.2. The minimum Gasteiger partial charge on any atom is -0.352 e. The maximum Gasteiger partial charge on any atom is 0.261 e. The maximum atomic E-state index is 12.2. The van der Waals surface area contributed by atoms with Gasteiger partial charge in [-0.1, -0.05) is 42.1 Å². The predicted octanol–water partition coefficient (Wildman–Crippen LogP) is 4.00. The molecule has 1 rings (SSSR count). The smallest absolute Gasteiger partial charge is 0.261 e. The van der Waals surface area contributed by atoms with Crippen LogP contribution in [0.1, 0.15) is 48.5 Å². The molecule has 0 saturated carbocycles. The minimum atomic E-state index is -3.88. The molecule has 0 atom stereocenters. The summed E-state index contributed by atoms with van der Waals surface area (Å²) in [6.45, 7) is 4.28. The fourth-order valence-electron chi connectivity index (χ4n) is 1.99. The van der Waals surface area contributed by atoms with E-state index in [0.717, 1.165) is 25.7 Å². The minimum absolute atomic E-state index is 0.0466. The average Bonchev–Trinajstić information content (AvgIpc) is 2.39. The Bertz CT molecular complexity index is 617. The molecule has 0 aliphatic carbocycles. The molecule has 0 aromatic heterocycles. The lowest BCUT2D eigenvalue weighted by atomic mass is 10.1. The monoisotopic (exact) mass is 395 g/mol. The Labute approximate surface area is 138 Å². The summed E-state index contributed by atoms with van der Waals surface area (Å²) in [5, 5.41) is 2.81. The third-order valence-electron chi connectivity index (χ3n) is 3.15. The SMILES string of the molecule is CCCCCCNC(=O)c1cc(Br)cc(S(=O)(=O)Cl)c1C. The number of amides is 1. The molecule has 1 N–H and O–H groups in total. The summed E-state index contributed by atoms with van der Waals surface area (Å²) in [4.78, 5) is 12.1. The molecule has 0 heterocycles. The van der Waals surface area contributed by atoms with Crippen molar-refractivity contribution in [1.29, 1.82) is 0 Å². The quantitative estimate of drug-likeness (QED) is 0.560. The first kappa shape index (κ1) is 18.5. The molecule has 0 saturated heterocycles. The van der Waals surface area contributed by atoms with Gasteiger partial charge in [0.25, 0.3) is 15.0 Å². The van der Waals surface area contributed by atoms with Crippen LogP contribution in [0.15, 0.2) is 21.5 Å². The fourth-order valence-corrected chi connectivity index (χ4v) is 3.83.